The maximum Gasteiger partial charge on any atom is 0.245 e. The summed E-state index contributed by atoms with van der Waals surface area (Å²) in [7, 11) is 0. The van der Waals surface area contributed by atoms with Gasteiger partial charge in [-0.3, -0.25) is 9.59 Å². The van der Waals surface area contributed by atoms with Crippen LogP contribution in [-0.4, -0.2) is 35.4 Å². The van der Waals surface area contributed by atoms with Crippen molar-refractivity contribution in [1.29, 1.82) is 0 Å². The second-order valence-corrected chi connectivity index (χ2v) is 7.81. The molecule has 1 aliphatic rings. The van der Waals surface area contributed by atoms with E-state index in [1.165, 1.54) is 5.56 Å². The summed E-state index contributed by atoms with van der Waals surface area (Å²) in [5, 5.41) is 3.02. The standard InChI is InChI=1S/C24H30N2O3/c1-4-29-21-11-9-19(10-12-21)14-16-26-22(27)13-15-24(26,3)23(28)25-17-20-7-5-18(2)6-8-20/h5-12H,4,13-17H2,1-3H3,(H,25,28). The third-order valence-corrected chi connectivity index (χ3v) is 5.64. The number of benzene rings is 2. The lowest BCUT2D eigenvalue weighted by molar-refractivity contribution is -0.140. The molecule has 0 aromatic heterocycles. The van der Waals surface area contributed by atoms with Crippen molar-refractivity contribution in [3.05, 3.63) is 65.2 Å². The molecular weight excluding hydrogens is 364 g/mol. The lowest BCUT2D eigenvalue weighted by Crippen LogP contribution is -2.54. The Morgan fingerprint density at radius 1 is 1.10 bits per heavy atom. The lowest BCUT2D eigenvalue weighted by Gasteiger charge is -2.34. The number of carbonyl (C=O) groups excluding carboxylic acids is 2. The molecule has 5 heteroatoms. The number of nitrogens with one attached hydrogen (secondary N) is 1. The van der Waals surface area contributed by atoms with E-state index in [4.69, 9.17) is 4.74 Å². The summed E-state index contributed by atoms with van der Waals surface area (Å²) in [4.78, 5) is 27.2. The van der Waals surface area contributed by atoms with E-state index in [0.717, 1.165) is 16.9 Å². The van der Waals surface area contributed by atoms with E-state index in [1.54, 1.807) is 4.90 Å². The van der Waals surface area contributed by atoms with Crippen molar-refractivity contribution in [1.82, 2.24) is 10.2 Å². The van der Waals surface area contributed by atoms with Crippen LogP contribution in [0, 0.1) is 6.92 Å². The van der Waals surface area contributed by atoms with Gasteiger partial charge in [-0.2, -0.15) is 0 Å². The number of amides is 2. The molecule has 1 aliphatic heterocycles. The molecular formula is C24H30N2O3. The van der Waals surface area contributed by atoms with Crippen LogP contribution in [0.1, 0.15) is 43.4 Å². The molecule has 0 bridgehead atoms. The highest BCUT2D eigenvalue weighted by Crippen LogP contribution is 2.30. The van der Waals surface area contributed by atoms with E-state index < -0.39 is 5.54 Å². The van der Waals surface area contributed by atoms with Crippen LogP contribution < -0.4 is 10.1 Å². The average Bonchev–Trinajstić information content (AvgIpc) is 3.02. The van der Waals surface area contributed by atoms with Gasteiger partial charge in [-0.05, 0) is 56.9 Å². The van der Waals surface area contributed by atoms with Crippen molar-refractivity contribution in [2.24, 2.45) is 0 Å². The smallest absolute Gasteiger partial charge is 0.245 e. The first kappa shape index (κ1) is 20.9. The summed E-state index contributed by atoms with van der Waals surface area (Å²) in [6.45, 7) is 7.50. The van der Waals surface area contributed by atoms with Gasteiger partial charge in [0.25, 0.3) is 0 Å². The van der Waals surface area contributed by atoms with Crippen molar-refractivity contribution < 1.29 is 14.3 Å². The molecule has 1 unspecified atom stereocenters. The molecule has 29 heavy (non-hydrogen) atoms. The van der Waals surface area contributed by atoms with Gasteiger partial charge in [-0.15, -0.1) is 0 Å². The SMILES string of the molecule is CCOc1ccc(CCN2C(=O)CCC2(C)C(=O)NCc2ccc(C)cc2)cc1. The maximum absolute atomic E-state index is 13.0. The van der Waals surface area contributed by atoms with Gasteiger partial charge in [-0.25, -0.2) is 0 Å². The highest BCUT2D eigenvalue weighted by atomic mass is 16.5. The summed E-state index contributed by atoms with van der Waals surface area (Å²) in [6, 6.07) is 16.0. The number of hydrogen-bond donors (Lipinski definition) is 1. The Morgan fingerprint density at radius 3 is 2.41 bits per heavy atom. The molecule has 1 saturated heterocycles. The van der Waals surface area contributed by atoms with Crippen LogP contribution in [0.2, 0.25) is 0 Å². The fraction of sp³-hybridized carbons (Fsp3) is 0.417. The number of likely N-dealkylation sites (tertiary alicyclic amines) is 1. The minimum absolute atomic E-state index is 0.0453. The predicted octanol–water partition coefficient (Wildman–Crippen LogP) is 3.63. The van der Waals surface area contributed by atoms with Crippen molar-refractivity contribution in [3.63, 3.8) is 0 Å². The molecule has 2 amide bonds. The van der Waals surface area contributed by atoms with Gasteiger partial charge in [0, 0.05) is 19.5 Å². The van der Waals surface area contributed by atoms with Crippen molar-refractivity contribution >= 4 is 11.8 Å². The van der Waals surface area contributed by atoms with Crippen molar-refractivity contribution in [3.8, 4) is 5.75 Å². The number of nitrogens with zero attached hydrogens (tertiary/aromatic N) is 1. The van der Waals surface area contributed by atoms with Crippen LogP contribution >= 0.6 is 0 Å². The number of ether oxygens (including phenoxy) is 1. The van der Waals surface area contributed by atoms with E-state index in [9.17, 15) is 9.59 Å². The van der Waals surface area contributed by atoms with E-state index >= 15 is 0 Å². The summed E-state index contributed by atoms with van der Waals surface area (Å²) in [5.41, 5.74) is 2.56. The molecule has 5 nitrogen and oxygen atoms in total. The highest BCUT2D eigenvalue weighted by Gasteiger charge is 2.46. The molecule has 0 aliphatic carbocycles. The van der Waals surface area contributed by atoms with E-state index in [0.29, 0.717) is 39.0 Å². The predicted molar refractivity (Wildman–Crippen MR) is 114 cm³/mol. The topological polar surface area (TPSA) is 58.6 Å². The van der Waals surface area contributed by atoms with E-state index in [1.807, 2.05) is 69.3 Å². The zero-order valence-corrected chi connectivity index (χ0v) is 17.5. The molecule has 0 radical (unpaired) electrons. The van der Waals surface area contributed by atoms with Crippen LogP contribution in [0.25, 0.3) is 0 Å². The number of rotatable bonds is 8. The quantitative estimate of drug-likeness (QED) is 0.744. The average molecular weight is 395 g/mol. The number of hydrogen-bond acceptors (Lipinski definition) is 3. The number of carbonyl (C=O) groups is 2. The van der Waals surface area contributed by atoms with Crippen LogP contribution in [0.15, 0.2) is 48.5 Å². The fourth-order valence-electron chi connectivity index (χ4n) is 3.74. The maximum atomic E-state index is 13.0. The van der Waals surface area contributed by atoms with Crippen LogP contribution in [-0.2, 0) is 22.6 Å². The Bertz CT molecular complexity index is 845. The molecule has 2 aromatic rings. The lowest BCUT2D eigenvalue weighted by atomic mass is 9.97. The Balaban J connectivity index is 1.61. The fourth-order valence-corrected chi connectivity index (χ4v) is 3.74. The first-order valence-electron chi connectivity index (χ1n) is 10.3. The Labute approximate surface area is 173 Å². The summed E-state index contributed by atoms with van der Waals surface area (Å²) in [5.74, 6) is 0.799. The zero-order chi connectivity index (χ0) is 20.9. The summed E-state index contributed by atoms with van der Waals surface area (Å²) >= 11 is 0. The third kappa shape index (κ3) is 4.97. The molecule has 0 saturated carbocycles. The van der Waals surface area contributed by atoms with Crippen LogP contribution in [0.4, 0.5) is 0 Å². The summed E-state index contributed by atoms with van der Waals surface area (Å²) < 4.78 is 5.47. The van der Waals surface area contributed by atoms with E-state index in [2.05, 4.69) is 5.32 Å². The van der Waals surface area contributed by atoms with Gasteiger partial charge in [-0.1, -0.05) is 42.0 Å². The van der Waals surface area contributed by atoms with Gasteiger partial charge in [0.15, 0.2) is 0 Å². The molecule has 1 heterocycles. The minimum atomic E-state index is -0.799. The minimum Gasteiger partial charge on any atom is -0.494 e. The first-order chi connectivity index (χ1) is 13.9. The highest BCUT2D eigenvalue weighted by molar-refractivity contribution is 5.94. The molecule has 154 valence electrons. The number of aryl methyl sites for hydroxylation is 1. The second kappa shape index (κ2) is 9.12. The van der Waals surface area contributed by atoms with Crippen molar-refractivity contribution in [2.45, 2.75) is 52.1 Å². The van der Waals surface area contributed by atoms with Gasteiger partial charge in [0.05, 0.1) is 6.61 Å². The Morgan fingerprint density at radius 2 is 1.76 bits per heavy atom. The Kier molecular flexibility index (Phi) is 6.57. The van der Waals surface area contributed by atoms with Crippen molar-refractivity contribution in [2.75, 3.05) is 13.2 Å². The molecule has 0 spiro atoms. The molecule has 2 aromatic carbocycles. The van der Waals surface area contributed by atoms with Gasteiger partial charge < -0.3 is 15.0 Å². The van der Waals surface area contributed by atoms with E-state index in [-0.39, 0.29) is 11.8 Å². The molecule has 1 fully saturated rings. The zero-order valence-electron chi connectivity index (χ0n) is 17.5. The molecule has 1 atom stereocenters. The van der Waals surface area contributed by atoms with Crippen LogP contribution in [0.5, 0.6) is 5.75 Å². The van der Waals surface area contributed by atoms with Gasteiger partial charge >= 0.3 is 0 Å². The van der Waals surface area contributed by atoms with Crippen LogP contribution in [0.3, 0.4) is 0 Å². The van der Waals surface area contributed by atoms with Gasteiger partial charge in [0.2, 0.25) is 11.8 Å². The van der Waals surface area contributed by atoms with Gasteiger partial charge in [0.1, 0.15) is 11.3 Å². The third-order valence-electron chi connectivity index (χ3n) is 5.64. The summed E-state index contributed by atoms with van der Waals surface area (Å²) in [6.07, 6.45) is 1.67. The first-order valence-corrected chi connectivity index (χ1v) is 10.3. The molecule has 1 N–H and O–H groups in total. The largest absolute Gasteiger partial charge is 0.494 e. The normalized spacial score (nSPS) is 18.7. The Hall–Kier alpha value is -2.82. The molecule has 3 rings (SSSR count). The monoisotopic (exact) mass is 394 g/mol. The second-order valence-electron chi connectivity index (χ2n) is 7.81.